The number of nitrogens with one attached hydrogen (secondary N) is 2. The van der Waals surface area contributed by atoms with Crippen molar-refractivity contribution < 1.29 is 9.59 Å². The van der Waals surface area contributed by atoms with Gasteiger partial charge in [-0.05, 0) is 37.5 Å². The Morgan fingerprint density at radius 1 is 1.48 bits per heavy atom. The van der Waals surface area contributed by atoms with E-state index in [9.17, 15) is 9.59 Å². The van der Waals surface area contributed by atoms with E-state index in [1.807, 2.05) is 19.1 Å². The summed E-state index contributed by atoms with van der Waals surface area (Å²) >= 11 is 6.15. The summed E-state index contributed by atoms with van der Waals surface area (Å²) in [5.74, 6) is -0.0103. The predicted molar refractivity (Wildman–Crippen MR) is 81.4 cm³/mol. The van der Waals surface area contributed by atoms with Gasteiger partial charge in [-0.1, -0.05) is 17.7 Å². The minimum Gasteiger partial charge on any atom is -0.354 e. The third kappa shape index (κ3) is 2.70. The molecule has 2 aliphatic rings. The van der Waals surface area contributed by atoms with Gasteiger partial charge in [0.25, 0.3) is 0 Å². The van der Waals surface area contributed by atoms with Crippen molar-refractivity contribution in [2.45, 2.75) is 25.8 Å². The van der Waals surface area contributed by atoms with Gasteiger partial charge in [0.2, 0.25) is 5.91 Å². The van der Waals surface area contributed by atoms with Crippen LogP contribution >= 0.6 is 11.6 Å². The van der Waals surface area contributed by atoms with Gasteiger partial charge in [-0.3, -0.25) is 4.79 Å². The summed E-state index contributed by atoms with van der Waals surface area (Å²) in [6.45, 7) is 3.16. The monoisotopic (exact) mass is 307 g/mol. The second kappa shape index (κ2) is 5.56. The Hall–Kier alpha value is -1.75. The first-order chi connectivity index (χ1) is 10.1. The third-order valence-corrected chi connectivity index (χ3v) is 4.54. The molecule has 0 bridgehead atoms. The van der Waals surface area contributed by atoms with E-state index < -0.39 is 0 Å². The van der Waals surface area contributed by atoms with Gasteiger partial charge < -0.3 is 15.5 Å². The maximum absolute atomic E-state index is 12.5. The molecule has 5 nitrogen and oxygen atoms in total. The highest BCUT2D eigenvalue weighted by Gasteiger charge is 2.42. The Labute approximate surface area is 128 Å². The molecular weight excluding hydrogens is 290 g/mol. The van der Waals surface area contributed by atoms with Gasteiger partial charge in [0.05, 0.1) is 22.7 Å². The molecule has 0 saturated carbocycles. The molecule has 1 aromatic carbocycles. The van der Waals surface area contributed by atoms with Crippen LogP contribution in [0.3, 0.4) is 0 Å². The van der Waals surface area contributed by atoms with E-state index in [1.165, 1.54) is 0 Å². The first-order valence-corrected chi connectivity index (χ1v) is 7.55. The van der Waals surface area contributed by atoms with E-state index in [4.69, 9.17) is 11.6 Å². The highest BCUT2D eigenvalue weighted by atomic mass is 35.5. The van der Waals surface area contributed by atoms with Crippen molar-refractivity contribution in [1.29, 1.82) is 0 Å². The second-order valence-corrected chi connectivity index (χ2v) is 6.08. The van der Waals surface area contributed by atoms with Crippen molar-refractivity contribution in [3.05, 3.63) is 28.8 Å². The van der Waals surface area contributed by atoms with Gasteiger partial charge in [-0.25, -0.2) is 4.79 Å². The van der Waals surface area contributed by atoms with Gasteiger partial charge in [0.1, 0.15) is 0 Å². The Morgan fingerprint density at radius 2 is 2.29 bits per heavy atom. The zero-order valence-corrected chi connectivity index (χ0v) is 12.6. The van der Waals surface area contributed by atoms with Crippen LogP contribution in [0.4, 0.5) is 10.5 Å². The molecule has 2 heterocycles. The fourth-order valence-corrected chi connectivity index (χ4v) is 3.39. The summed E-state index contributed by atoms with van der Waals surface area (Å²) in [7, 11) is 0. The van der Waals surface area contributed by atoms with E-state index in [1.54, 1.807) is 11.0 Å². The number of carbonyl (C=O) groups is 2. The summed E-state index contributed by atoms with van der Waals surface area (Å²) in [5, 5.41) is 6.22. The maximum atomic E-state index is 12.5. The molecule has 2 saturated heterocycles. The number of hydrogen-bond donors (Lipinski definition) is 2. The number of hydrogen-bond acceptors (Lipinski definition) is 2. The molecule has 2 atom stereocenters. The van der Waals surface area contributed by atoms with Gasteiger partial charge in [-0.2, -0.15) is 0 Å². The number of rotatable bonds is 1. The second-order valence-electron chi connectivity index (χ2n) is 5.67. The summed E-state index contributed by atoms with van der Waals surface area (Å²) < 4.78 is 0. The standard InChI is InChI=1S/C15H18ClN3O2/c1-9-4-5-12(11(16)7-9)18-15(21)19-6-2-3-10-13(19)8-17-14(10)20/h4-5,7,10,13H,2-3,6,8H2,1H3,(H,17,20)(H,18,21). The van der Waals surface area contributed by atoms with E-state index in [0.717, 1.165) is 18.4 Å². The predicted octanol–water partition coefficient (Wildman–Crippen LogP) is 2.39. The molecule has 21 heavy (non-hydrogen) atoms. The summed E-state index contributed by atoms with van der Waals surface area (Å²) in [6, 6.07) is 5.29. The molecule has 1 aromatic rings. The molecule has 2 aliphatic heterocycles. The summed E-state index contributed by atoms with van der Waals surface area (Å²) in [6.07, 6.45) is 1.70. The van der Waals surface area contributed by atoms with Gasteiger partial charge in [0.15, 0.2) is 0 Å². The van der Waals surface area contributed by atoms with Crippen LogP contribution in [0.1, 0.15) is 18.4 Å². The van der Waals surface area contributed by atoms with E-state index in [0.29, 0.717) is 23.8 Å². The Morgan fingerprint density at radius 3 is 3.05 bits per heavy atom. The molecule has 0 aromatic heterocycles. The first kappa shape index (κ1) is 14.2. The number of fused-ring (bicyclic) bond motifs is 1. The first-order valence-electron chi connectivity index (χ1n) is 7.18. The topological polar surface area (TPSA) is 61.4 Å². The van der Waals surface area contributed by atoms with Crippen LogP contribution in [0.25, 0.3) is 0 Å². The SMILES string of the molecule is Cc1ccc(NC(=O)N2CCCC3C(=O)NCC32)c(Cl)c1. The van der Waals surface area contributed by atoms with Crippen LogP contribution in [0.2, 0.25) is 5.02 Å². The number of nitrogens with zero attached hydrogens (tertiary/aromatic N) is 1. The molecule has 0 spiro atoms. The molecular formula is C15H18ClN3O2. The van der Waals surface area contributed by atoms with Gasteiger partial charge in [-0.15, -0.1) is 0 Å². The Balaban J connectivity index is 1.74. The van der Waals surface area contributed by atoms with E-state index >= 15 is 0 Å². The molecule has 2 fully saturated rings. The van der Waals surface area contributed by atoms with E-state index in [-0.39, 0.29) is 23.9 Å². The molecule has 0 aliphatic carbocycles. The van der Waals surface area contributed by atoms with Crippen molar-refractivity contribution >= 4 is 29.2 Å². The van der Waals surface area contributed by atoms with Crippen molar-refractivity contribution in [1.82, 2.24) is 10.2 Å². The largest absolute Gasteiger partial charge is 0.354 e. The number of urea groups is 1. The van der Waals surface area contributed by atoms with Crippen LogP contribution in [-0.2, 0) is 4.79 Å². The zero-order chi connectivity index (χ0) is 15.0. The molecule has 6 heteroatoms. The molecule has 2 unspecified atom stereocenters. The van der Waals surface area contributed by atoms with Crippen molar-refractivity contribution in [3.63, 3.8) is 0 Å². The minimum absolute atomic E-state index is 0.0459. The van der Waals surface area contributed by atoms with Crippen molar-refractivity contribution in [2.75, 3.05) is 18.4 Å². The Kier molecular flexibility index (Phi) is 3.76. The number of anilines is 1. The van der Waals surface area contributed by atoms with Crippen molar-refractivity contribution in [3.8, 4) is 0 Å². The molecule has 2 N–H and O–H groups in total. The minimum atomic E-state index is -0.188. The number of aryl methyl sites for hydroxylation is 1. The quantitative estimate of drug-likeness (QED) is 0.837. The highest BCUT2D eigenvalue weighted by molar-refractivity contribution is 6.33. The van der Waals surface area contributed by atoms with Crippen LogP contribution in [0, 0.1) is 12.8 Å². The van der Waals surface area contributed by atoms with E-state index in [2.05, 4.69) is 10.6 Å². The normalized spacial score (nSPS) is 24.5. The smallest absolute Gasteiger partial charge is 0.322 e. The molecule has 3 rings (SSSR count). The fraction of sp³-hybridized carbons (Fsp3) is 0.467. The van der Waals surface area contributed by atoms with Crippen LogP contribution < -0.4 is 10.6 Å². The number of likely N-dealkylation sites (tertiary alicyclic amines) is 1. The fourth-order valence-electron chi connectivity index (χ4n) is 3.11. The number of halogens is 1. The molecule has 3 amide bonds. The number of carbonyl (C=O) groups excluding carboxylic acids is 2. The van der Waals surface area contributed by atoms with Gasteiger partial charge in [0, 0.05) is 13.1 Å². The van der Waals surface area contributed by atoms with Crippen LogP contribution in [0.15, 0.2) is 18.2 Å². The lowest BCUT2D eigenvalue weighted by Gasteiger charge is -2.35. The summed E-state index contributed by atoms with van der Waals surface area (Å²) in [5.41, 5.74) is 1.65. The highest BCUT2D eigenvalue weighted by Crippen LogP contribution is 2.29. The number of benzene rings is 1. The van der Waals surface area contributed by atoms with Gasteiger partial charge >= 0.3 is 6.03 Å². The average Bonchev–Trinajstić information content (AvgIpc) is 2.84. The lowest BCUT2D eigenvalue weighted by molar-refractivity contribution is -0.123. The lowest BCUT2D eigenvalue weighted by Crippen LogP contribution is -2.50. The summed E-state index contributed by atoms with van der Waals surface area (Å²) in [4.78, 5) is 26.0. The average molecular weight is 308 g/mol. The number of piperidine rings is 1. The lowest BCUT2D eigenvalue weighted by atomic mass is 9.92. The van der Waals surface area contributed by atoms with Crippen molar-refractivity contribution in [2.24, 2.45) is 5.92 Å². The zero-order valence-electron chi connectivity index (χ0n) is 11.9. The Bertz CT molecular complexity index is 590. The number of amides is 3. The molecule has 112 valence electrons. The van der Waals surface area contributed by atoms with Crippen LogP contribution in [-0.4, -0.2) is 36.0 Å². The third-order valence-electron chi connectivity index (χ3n) is 4.23. The molecule has 0 radical (unpaired) electrons. The van der Waals surface area contributed by atoms with Crippen LogP contribution in [0.5, 0.6) is 0 Å². The maximum Gasteiger partial charge on any atom is 0.322 e.